The lowest BCUT2D eigenvalue weighted by Crippen LogP contribution is -2.38. The van der Waals surface area contributed by atoms with Gasteiger partial charge in [-0.2, -0.15) is 0 Å². The Balaban J connectivity index is 1.90. The molecule has 1 atom stereocenters. The number of hydrogen-bond donors (Lipinski definition) is 1. The summed E-state index contributed by atoms with van der Waals surface area (Å²) in [5.41, 5.74) is 4.61. The van der Waals surface area contributed by atoms with E-state index in [0.29, 0.717) is 29.9 Å². The van der Waals surface area contributed by atoms with E-state index in [-0.39, 0.29) is 36.7 Å². The molecule has 1 unspecified atom stereocenters. The first-order valence-electron chi connectivity index (χ1n) is 11.5. The monoisotopic (exact) mass is 448 g/mol. The Morgan fingerprint density at radius 1 is 1.09 bits per heavy atom. The predicted octanol–water partition coefficient (Wildman–Crippen LogP) is 4.49. The van der Waals surface area contributed by atoms with Gasteiger partial charge < -0.3 is 15.0 Å². The molecule has 0 radical (unpaired) electrons. The van der Waals surface area contributed by atoms with Crippen LogP contribution in [0.5, 0.6) is 0 Å². The summed E-state index contributed by atoms with van der Waals surface area (Å²) in [6.45, 7) is 8.80. The number of aryl methyl sites for hydroxylation is 1. The number of ether oxygens (including phenoxy) is 1. The third kappa shape index (κ3) is 5.69. The second-order valence-corrected chi connectivity index (χ2v) is 8.32. The molecule has 1 aliphatic heterocycles. The average molecular weight is 449 g/mol. The van der Waals surface area contributed by atoms with Gasteiger partial charge in [-0.25, -0.2) is 4.79 Å². The van der Waals surface area contributed by atoms with Gasteiger partial charge in [0.25, 0.3) is 5.91 Å². The first-order valence-corrected chi connectivity index (χ1v) is 11.5. The van der Waals surface area contributed by atoms with Crippen LogP contribution in [0.25, 0.3) is 0 Å². The Hall–Kier alpha value is -3.41. The molecule has 174 valence electrons. The zero-order chi connectivity index (χ0) is 24.0. The molecule has 2 aromatic rings. The fourth-order valence-electron chi connectivity index (χ4n) is 4.13. The van der Waals surface area contributed by atoms with Gasteiger partial charge in [0, 0.05) is 30.1 Å². The number of rotatable bonds is 8. The van der Waals surface area contributed by atoms with Crippen LogP contribution in [0.15, 0.2) is 59.8 Å². The first-order chi connectivity index (χ1) is 15.8. The maximum absolute atomic E-state index is 13.2. The van der Waals surface area contributed by atoms with Gasteiger partial charge >= 0.3 is 5.97 Å². The Bertz CT molecular complexity index is 1060. The Morgan fingerprint density at radius 3 is 2.45 bits per heavy atom. The molecule has 0 aromatic heterocycles. The van der Waals surface area contributed by atoms with Crippen LogP contribution in [0.4, 0.5) is 0 Å². The summed E-state index contributed by atoms with van der Waals surface area (Å²) in [4.78, 5) is 39.9. The highest BCUT2D eigenvalue weighted by atomic mass is 16.5. The molecule has 0 spiro atoms. The molecule has 1 heterocycles. The Morgan fingerprint density at radius 2 is 1.82 bits per heavy atom. The van der Waals surface area contributed by atoms with Gasteiger partial charge in [0.15, 0.2) is 0 Å². The Kier molecular flexibility index (Phi) is 8.04. The molecular formula is C27H32N2O4. The van der Waals surface area contributed by atoms with E-state index in [4.69, 9.17) is 4.74 Å². The lowest BCUT2D eigenvalue weighted by molar-refractivity contribution is -0.140. The van der Waals surface area contributed by atoms with Crippen LogP contribution < -0.4 is 5.32 Å². The zero-order valence-electron chi connectivity index (χ0n) is 19.8. The first kappa shape index (κ1) is 24.2. The number of benzene rings is 2. The molecule has 2 aromatic carbocycles. The van der Waals surface area contributed by atoms with Gasteiger partial charge in [0.05, 0.1) is 18.7 Å². The van der Waals surface area contributed by atoms with E-state index < -0.39 is 0 Å². The third-order valence-corrected chi connectivity index (χ3v) is 5.86. The topological polar surface area (TPSA) is 75.7 Å². The maximum atomic E-state index is 13.2. The van der Waals surface area contributed by atoms with Crippen LogP contribution in [0, 0.1) is 6.92 Å². The number of carbonyl (C=O) groups excluding carboxylic acids is 3. The van der Waals surface area contributed by atoms with Crippen molar-refractivity contribution in [3.63, 3.8) is 0 Å². The lowest BCUT2D eigenvalue weighted by atomic mass is 9.83. The van der Waals surface area contributed by atoms with E-state index >= 15 is 0 Å². The number of nitrogens with one attached hydrogen (secondary N) is 1. The molecule has 1 aliphatic rings. The van der Waals surface area contributed by atoms with Gasteiger partial charge in [-0.15, -0.1) is 0 Å². The second kappa shape index (κ2) is 10.9. The van der Waals surface area contributed by atoms with Crippen molar-refractivity contribution < 1.29 is 19.1 Å². The van der Waals surface area contributed by atoms with Crippen LogP contribution >= 0.6 is 0 Å². The van der Waals surface area contributed by atoms with Crippen molar-refractivity contribution in [3.8, 4) is 0 Å². The van der Waals surface area contributed by atoms with E-state index in [1.165, 1.54) is 0 Å². The summed E-state index contributed by atoms with van der Waals surface area (Å²) in [7, 11) is 0. The second-order valence-electron chi connectivity index (χ2n) is 8.32. The van der Waals surface area contributed by atoms with E-state index in [0.717, 1.165) is 23.1 Å². The standard InChI is InChI=1S/C27H32N2O4/c1-5-14-28-26(31)21-12-10-20(11-13-21)17-29-19(4)25(27(32)33-6-2)23(16-24(29)30)22-9-7-8-18(3)15-22/h7-13,15,23H,5-6,14,16-17H2,1-4H3,(H,28,31). The van der Waals surface area contributed by atoms with Crippen molar-refractivity contribution in [2.45, 2.75) is 53.0 Å². The van der Waals surface area contributed by atoms with Crippen LogP contribution in [0.2, 0.25) is 0 Å². The maximum Gasteiger partial charge on any atom is 0.336 e. The molecule has 1 N–H and O–H groups in total. The smallest absolute Gasteiger partial charge is 0.336 e. The minimum atomic E-state index is -0.387. The summed E-state index contributed by atoms with van der Waals surface area (Å²) in [5, 5.41) is 2.86. The minimum absolute atomic E-state index is 0.0446. The predicted molar refractivity (Wildman–Crippen MR) is 127 cm³/mol. The molecule has 0 bridgehead atoms. The molecule has 6 heteroatoms. The summed E-state index contributed by atoms with van der Waals surface area (Å²) in [6, 6.07) is 15.1. The SMILES string of the molecule is CCCNC(=O)c1ccc(CN2C(=O)CC(c3cccc(C)c3)C(C(=O)OCC)=C2C)cc1. The largest absolute Gasteiger partial charge is 0.463 e. The van der Waals surface area contributed by atoms with Crippen LogP contribution in [-0.4, -0.2) is 35.8 Å². The van der Waals surface area contributed by atoms with Crippen molar-refractivity contribution in [2.75, 3.05) is 13.2 Å². The lowest BCUT2D eigenvalue weighted by Gasteiger charge is -2.34. The molecule has 0 fully saturated rings. The van der Waals surface area contributed by atoms with E-state index in [1.807, 2.05) is 50.2 Å². The van der Waals surface area contributed by atoms with Crippen molar-refractivity contribution in [1.29, 1.82) is 0 Å². The van der Waals surface area contributed by atoms with E-state index in [2.05, 4.69) is 5.32 Å². The molecule has 6 nitrogen and oxygen atoms in total. The van der Waals surface area contributed by atoms with E-state index in [1.54, 1.807) is 30.9 Å². The van der Waals surface area contributed by atoms with Gasteiger partial charge in [0.1, 0.15) is 0 Å². The Labute approximate surface area is 195 Å². The molecule has 2 amide bonds. The number of esters is 1. The summed E-state index contributed by atoms with van der Waals surface area (Å²) >= 11 is 0. The average Bonchev–Trinajstić information content (AvgIpc) is 2.80. The number of allylic oxidation sites excluding steroid dienone is 1. The summed E-state index contributed by atoms with van der Waals surface area (Å²) < 4.78 is 5.36. The molecule has 33 heavy (non-hydrogen) atoms. The molecule has 0 saturated carbocycles. The quantitative estimate of drug-likeness (QED) is 0.604. The van der Waals surface area contributed by atoms with E-state index in [9.17, 15) is 14.4 Å². The fraction of sp³-hybridized carbons (Fsp3) is 0.370. The van der Waals surface area contributed by atoms with Gasteiger partial charge in [0.2, 0.25) is 5.91 Å². The molecular weight excluding hydrogens is 416 g/mol. The summed E-state index contributed by atoms with van der Waals surface area (Å²) in [5.74, 6) is -0.879. The van der Waals surface area contributed by atoms with Crippen molar-refractivity contribution >= 4 is 17.8 Å². The van der Waals surface area contributed by atoms with Gasteiger partial charge in [-0.05, 0) is 50.5 Å². The fourth-order valence-corrected chi connectivity index (χ4v) is 4.13. The number of nitrogens with zero attached hydrogens (tertiary/aromatic N) is 1. The molecule has 0 saturated heterocycles. The highest BCUT2D eigenvalue weighted by Crippen LogP contribution is 2.38. The summed E-state index contributed by atoms with van der Waals surface area (Å²) in [6.07, 6.45) is 1.07. The van der Waals surface area contributed by atoms with Crippen molar-refractivity contribution in [3.05, 3.63) is 82.1 Å². The van der Waals surface area contributed by atoms with Gasteiger partial charge in [-0.1, -0.05) is 48.9 Å². The molecule has 3 rings (SSSR count). The zero-order valence-corrected chi connectivity index (χ0v) is 19.8. The van der Waals surface area contributed by atoms with Crippen LogP contribution in [0.3, 0.4) is 0 Å². The number of carbonyl (C=O) groups is 3. The van der Waals surface area contributed by atoms with Crippen molar-refractivity contribution in [1.82, 2.24) is 10.2 Å². The molecule has 0 aliphatic carbocycles. The number of hydrogen-bond acceptors (Lipinski definition) is 4. The third-order valence-electron chi connectivity index (χ3n) is 5.86. The van der Waals surface area contributed by atoms with Gasteiger partial charge in [-0.3, -0.25) is 9.59 Å². The van der Waals surface area contributed by atoms with Crippen LogP contribution in [0.1, 0.15) is 66.6 Å². The van der Waals surface area contributed by atoms with Crippen molar-refractivity contribution in [2.24, 2.45) is 0 Å². The van der Waals surface area contributed by atoms with Crippen LogP contribution in [-0.2, 0) is 20.9 Å². The normalized spacial score (nSPS) is 16.1. The minimum Gasteiger partial charge on any atom is -0.463 e. The number of amides is 2. The highest BCUT2D eigenvalue weighted by molar-refractivity contribution is 5.96. The highest BCUT2D eigenvalue weighted by Gasteiger charge is 2.36.